The third-order valence-corrected chi connectivity index (χ3v) is 2.26. The number of carboxylic acids is 1. The van der Waals surface area contributed by atoms with Crippen LogP contribution in [0.1, 0.15) is 34.7 Å². The molecule has 1 fully saturated rings. The Labute approximate surface area is 75.0 Å². The number of benzene rings is 1. The van der Waals surface area contributed by atoms with Gasteiger partial charge in [0.2, 0.25) is 0 Å². The van der Waals surface area contributed by atoms with Crippen molar-refractivity contribution < 1.29 is 14.3 Å². The van der Waals surface area contributed by atoms with Gasteiger partial charge in [-0.25, -0.2) is 9.18 Å². The van der Waals surface area contributed by atoms with Crippen molar-refractivity contribution in [1.29, 1.82) is 0 Å². The molecule has 0 bridgehead atoms. The molecule has 2 nitrogen and oxygen atoms in total. The van der Waals surface area contributed by atoms with Crippen LogP contribution in [-0.4, -0.2) is 11.1 Å². The molecule has 1 N–H and O–H groups in total. The van der Waals surface area contributed by atoms with E-state index in [-0.39, 0.29) is 11.4 Å². The first kappa shape index (κ1) is 8.23. The van der Waals surface area contributed by atoms with Crippen LogP contribution in [0.2, 0.25) is 0 Å². The molecule has 0 amide bonds. The van der Waals surface area contributed by atoms with Gasteiger partial charge in [-0.2, -0.15) is 0 Å². The molecule has 1 aromatic carbocycles. The highest BCUT2D eigenvalue weighted by molar-refractivity contribution is 5.87. The summed E-state index contributed by atoms with van der Waals surface area (Å²) in [5, 5.41) is 8.59. The zero-order valence-electron chi connectivity index (χ0n) is 6.96. The van der Waals surface area contributed by atoms with Crippen molar-refractivity contribution in [2.75, 3.05) is 0 Å². The SMILES string of the molecule is O=C(O)c1ccc(C2CC2)c(F)c1. The second-order valence-electron chi connectivity index (χ2n) is 3.32. The third-order valence-electron chi connectivity index (χ3n) is 2.26. The first-order valence-electron chi connectivity index (χ1n) is 4.21. The molecule has 68 valence electrons. The third kappa shape index (κ3) is 1.54. The van der Waals surface area contributed by atoms with Crippen molar-refractivity contribution in [1.82, 2.24) is 0 Å². The van der Waals surface area contributed by atoms with E-state index in [1.165, 1.54) is 6.07 Å². The fourth-order valence-electron chi connectivity index (χ4n) is 1.39. The zero-order valence-corrected chi connectivity index (χ0v) is 6.96. The van der Waals surface area contributed by atoms with Crippen LogP contribution in [-0.2, 0) is 0 Å². The van der Waals surface area contributed by atoms with E-state index in [1.54, 1.807) is 6.07 Å². The summed E-state index contributed by atoms with van der Waals surface area (Å²) in [6, 6.07) is 4.13. The van der Waals surface area contributed by atoms with Crippen molar-refractivity contribution in [2.45, 2.75) is 18.8 Å². The van der Waals surface area contributed by atoms with Gasteiger partial charge in [-0.3, -0.25) is 0 Å². The Kier molecular flexibility index (Phi) is 1.79. The second kappa shape index (κ2) is 2.83. The van der Waals surface area contributed by atoms with E-state index in [0.717, 1.165) is 18.9 Å². The average Bonchev–Trinajstić information content (AvgIpc) is 2.87. The Bertz CT molecular complexity index is 356. The Balaban J connectivity index is 2.36. The quantitative estimate of drug-likeness (QED) is 0.758. The number of carbonyl (C=O) groups is 1. The van der Waals surface area contributed by atoms with Crippen molar-refractivity contribution in [3.8, 4) is 0 Å². The molecule has 0 atom stereocenters. The Morgan fingerprint density at radius 3 is 2.62 bits per heavy atom. The number of carboxylic acid groups (broad SMARTS) is 1. The predicted octanol–water partition coefficient (Wildman–Crippen LogP) is 2.40. The smallest absolute Gasteiger partial charge is 0.335 e. The van der Waals surface area contributed by atoms with Crippen LogP contribution < -0.4 is 0 Å². The van der Waals surface area contributed by atoms with E-state index < -0.39 is 5.97 Å². The average molecular weight is 180 g/mol. The van der Waals surface area contributed by atoms with Crippen LogP contribution in [0.15, 0.2) is 18.2 Å². The molecular formula is C10H9FO2. The van der Waals surface area contributed by atoms with Gasteiger partial charge in [-0.05, 0) is 36.5 Å². The van der Waals surface area contributed by atoms with Crippen LogP contribution >= 0.6 is 0 Å². The molecule has 1 aromatic rings. The zero-order chi connectivity index (χ0) is 9.42. The normalized spacial score (nSPS) is 15.8. The molecule has 0 spiro atoms. The van der Waals surface area contributed by atoms with Crippen molar-refractivity contribution in [3.63, 3.8) is 0 Å². The van der Waals surface area contributed by atoms with Gasteiger partial charge in [-0.15, -0.1) is 0 Å². The van der Waals surface area contributed by atoms with Gasteiger partial charge < -0.3 is 5.11 Å². The lowest BCUT2D eigenvalue weighted by atomic mass is 10.1. The van der Waals surface area contributed by atoms with E-state index in [1.807, 2.05) is 0 Å². The van der Waals surface area contributed by atoms with Gasteiger partial charge >= 0.3 is 5.97 Å². The molecule has 0 heterocycles. The molecular weight excluding hydrogens is 171 g/mol. The first-order valence-corrected chi connectivity index (χ1v) is 4.21. The summed E-state index contributed by atoms with van der Waals surface area (Å²) in [4.78, 5) is 10.5. The van der Waals surface area contributed by atoms with E-state index >= 15 is 0 Å². The highest BCUT2D eigenvalue weighted by Gasteiger charge is 2.26. The molecule has 13 heavy (non-hydrogen) atoms. The second-order valence-corrected chi connectivity index (χ2v) is 3.32. The van der Waals surface area contributed by atoms with Gasteiger partial charge in [0.1, 0.15) is 5.82 Å². The summed E-state index contributed by atoms with van der Waals surface area (Å²) in [7, 11) is 0. The largest absolute Gasteiger partial charge is 0.478 e. The molecule has 2 rings (SSSR count). The monoisotopic (exact) mass is 180 g/mol. The minimum atomic E-state index is -1.08. The molecule has 1 aliphatic carbocycles. The lowest BCUT2D eigenvalue weighted by Crippen LogP contribution is -1.98. The number of halogens is 1. The molecule has 0 radical (unpaired) electrons. The minimum absolute atomic E-state index is 0.0156. The fraction of sp³-hybridized carbons (Fsp3) is 0.300. The van der Waals surface area contributed by atoms with Crippen molar-refractivity contribution >= 4 is 5.97 Å². The maximum atomic E-state index is 13.2. The summed E-state index contributed by atoms with van der Waals surface area (Å²) in [5.74, 6) is -1.15. The molecule has 0 aromatic heterocycles. The highest BCUT2D eigenvalue weighted by Crippen LogP contribution is 2.41. The van der Waals surface area contributed by atoms with E-state index in [4.69, 9.17) is 5.11 Å². The summed E-state index contributed by atoms with van der Waals surface area (Å²) >= 11 is 0. The number of aromatic carboxylic acids is 1. The molecule has 3 heteroatoms. The topological polar surface area (TPSA) is 37.3 Å². The van der Waals surface area contributed by atoms with E-state index in [2.05, 4.69) is 0 Å². The van der Waals surface area contributed by atoms with Crippen molar-refractivity contribution in [3.05, 3.63) is 35.1 Å². The van der Waals surface area contributed by atoms with Crippen molar-refractivity contribution in [2.24, 2.45) is 0 Å². The molecule has 1 aliphatic rings. The van der Waals surface area contributed by atoms with Crippen LogP contribution in [0.25, 0.3) is 0 Å². The van der Waals surface area contributed by atoms with Crippen LogP contribution in [0, 0.1) is 5.82 Å². The Hall–Kier alpha value is -1.38. The van der Waals surface area contributed by atoms with Gasteiger partial charge in [0.05, 0.1) is 5.56 Å². The molecule has 1 saturated carbocycles. The minimum Gasteiger partial charge on any atom is -0.478 e. The Morgan fingerprint density at radius 2 is 2.15 bits per heavy atom. The van der Waals surface area contributed by atoms with Crippen LogP contribution in [0.3, 0.4) is 0 Å². The lowest BCUT2D eigenvalue weighted by molar-refractivity contribution is 0.0696. The first-order chi connectivity index (χ1) is 6.18. The maximum Gasteiger partial charge on any atom is 0.335 e. The molecule has 0 aliphatic heterocycles. The maximum absolute atomic E-state index is 13.2. The van der Waals surface area contributed by atoms with Gasteiger partial charge in [0, 0.05) is 0 Å². The number of hydrogen-bond acceptors (Lipinski definition) is 1. The van der Waals surface area contributed by atoms with E-state index in [0.29, 0.717) is 11.5 Å². The molecule has 0 saturated heterocycles. The molecule has 0 unspecified atom stereocenters. The van der Waals surface area contributed by atoms with Crippen LogP contribution in [0.4, 0.5) is 4.39 Å². The standard InChI is InChI=1S/C10H9FO2/c11-9-5-7(10(12)13)3-4-8(9)6-1-2-6/h3-6H,1-2H2,(H,12,13). The fourth-order valence-corrected chi connectivity index (χ4v) is 1.39. The number of rotatable bonds is 2. The highest BCUT2D eigenvalue weighted by atomic mass is 19.1. The van der Waals surface area contributed by atoms with E-state index in [9.17, 15) is 9.18 Å². The number of hydrogen-bond donors (Lipinski definition) is 1. The lowest BCUT2D eigenvalue weighted by Gasteiger charge is -2.01. The van der Waals surface area contributed by atoms with Crippen LogP contribution in [0.5, 0.6) is 0 Å². The summed E-state index contributed by atoms with van der Waals surface area (Å²) in [6.45, 7) is 0. The summed E-state index contributed by atoms with van der Waals surface area (Å²) < 4.78 is 13.2. The van der Waals surface area contributed by atoms with Gasteiger partial charge in [0.15, 0.2) is 0 Å². The van der Waals surface area contributed by atoms with Gasteiger partial charge in [0.25, 0.3) is 0 Å². The Morgan fingerprint density at radius 1 is 1.46 bits per heavy atom. The summed E-state index contributed by atoms with van der Waals surface area (Å²) in [5.41, 5.74) is 0.673. The van der Waals surface area contributed by atoms with Gasteiger partial charge in [-0.1, -0.05) is 6.07 Å². The predicted molar refractivity (Wildman–Crippen MR) is 45.3 cm³/mol. The summed E-state index contributed by atoms with van der Waals surface area (Å²) in [6.07, 6.45) is 2.03.